The molecule has 0 spiro atoms. The molecule has 0 aliphatic heterocycles. The third-order valence-electron chi connectivity index (χ3n) is 2.54. The van der Waals surface area contributed by atoms with Crippen LogP contribution >= 0.6 is 23.5 Å². The van der Waals surface area contributed by atoms with Crippen molar-refractivity contribution in [3.8, 4) is 0 Å². The predicted molar refractivity (Wildman–Crippen MR) is 59.8 cm³/mol. The zero-order valence-electron chi connectivity index (χ0n) is 7.39. The summed E-state index contributed by atoms with van der Waals surface area (Å²) in [4.78, 5) is 0. The van der Waals surface area contributed by atoms with Gasteiger partial charge in [-0.15, -0.1) is 7.53 Å². The Labute approximate surface area is 82.9 Å². The summed E-state index contributed by atoms with van der Waals surface area (Å²) in [5.74, 6) is 0. The van der Waals surface area contributed by atoms with Crippen LogP contribution < -0.4 is 0 Å². The van der Waals surface area contributed by atoms with Gasteiger partial charge >= 0.3 is 0 Å². The van der Waals surface area contributed by atoms with Crippen LogP contribution in [0.1, 0.15) is 24.2 Å². The van der Waals surface area contributed by atoms with Gasteiger partial charge in [-0.3, -0.25) is 0 Å². The lowest BCUT2D eigenvalue weighted by Gasteiger charge is -1.98. The van der Waals surface area contributed by atoms with Crippen LogP contribution in [-0.2, 0) is 13.1 Å². The first kappa shape index (κ1) is 8.59. The van der Waals surface area contributed by atoms with E-state index in [9.17, 15) is 0 Å². The summed E-state index contributed by atoms with van der Waals surface area (Å²) in [7, 11) is 0.00637. The smallest absolute Gasteiger partial charge is 0.0373 e. The van der Waals surface area contributed by atoms with Gasteiger partial charge in [0.2, 0.25) is 0 Å². The van der Waals surface area contributed by atoms with Crippen molar-refractivity contribution < 1.29 is 0 Å². The van der Waals surface area contributed by atoms with Crippen molar-refractivity contribution >= 4 is 29.5 Å². The van der Waals surface area contributed by atoms with Gasteiger partial charge < -0.3 is 0 Å². The highest BCUT2D eigenvalue weighted by Crippen LogP contribution is 2.47. The van der Waals surface area contributed by atoms with Gasteiger partial charge in [-0.1, -0.05) is 18.6 Å². The van der Waals surface area contributed by atoms with Crippen LogP contribution in [-0.4, -0.2) is 0 Å². The number of hydrogen-bond acceptors (Lipinski definition) is 0. The van der Waals surface area contributed by atoms with E-state index in [2.05, 4.69) is 41.7 Å². The molecule has 0 radical (unpaired) electrons. The molecule has 1 aliphatic carbocycles. The van der Waals surface area contributed by atoms with Gasteiger partial charge in [0.15, 0.2) is 0 Å². The molecule has 0 aromatic carbocycles. The second-order valence-electron chi connectivity index (χ2n) is 3.26. The second kappa shape index (κ2) is 3.05. The minimum absolute atomic E-state index is 0.00637. The van der Waals surface area contributed by atoms with E-state index < -0.39 is 0 Å². The number of rotatable bonds is 1. The quantitative estimate of drug-likeness (QED) is 0.688. The summed E-state index contributed by atoms with van der Waals surface area (Å²) < 4.78 is 1.41. The molecule has 1 aromatic heterocycles. The van der Waals surface area contributed by atoms with Crippen LogP contribution in [0.5, 0.6) is 0 Å². The van der Waals surface area contributed by atoms with E-state index in [4.69, 9.17) is 0 Å². The molecule has 2 heteroatoms. The Balaban J connectivity index is 2.45. The predicted octanol–water partition coefficient (Wildman–Crippen LogP) is 4.32. The molecular formula is C10H12BrP. The van der Waals surface area contributed by atoms with Crippen LogP contribution in [0.3, 0.4) is 0 Å². The molecule has 64 valence electrons. The Morgan fingerprint density at radius 3 is 2.92 bits per heavy atom. The molecule has 0 amide bonds. The maximum atomic E-state index is 3.62. The molecule has 0 saturated carbocycles. The van der Waals surface area contributed by atoms with Gasteiger partial charge in [0.1, 0.15) is 0 Å². The molecule has 1 atom stereocenters. The third-order valence-corrected chi connectivity index (χ3v) is 6.36. The largest absolute Gasteiger partial charge is 0.109 e. The molecule has 0 nitrogen and oxygen atoms in total. The summed E-state index contributed by atoms with van der Waals surface area (Å²) >= 11 is 3.62. The molecule has 0 N–H and O–H groups in total. The molecule has 1 aliphatic rings. The van der Waals surface area contributed by atoms with Crippen molar-refractivity contribution in [1.82, 2.24) is 0 Å². The van der Waals surface area contributed by atoms with Crippen LogP contribution in [0.4, 0.5) is 0 Å². The number of allylic oxidation sites excluding steroid dienone is 1. The van der Waals surface area contributed by atoms with Crippen LogP contribution in [0.15, 0.2) is 15.8 Å². The highest BCUT2D eigenvalue weighted by Gasteiger charge is 2.16. The van der Waals surface area contributed by atoms with Crippen molar-refractivity contribution in [2.24, 2.45) is 6.66 Å². The normalized spacial score (nSPS) is 16.2. The SMILES string of the molecule is CCC1=Cc2cc(Br)p(C)c2C1. The minimum atomic E-state index is 0.00637. The summed E-state index contributed by atoms with van der Waals surface area (Å²) in [6.07, 6.45) is 4.81. The minimum Gasteiger partial charge on any atom is -0.109 e. The van der Waals surface area contributed by atoms with Crippen LogP contribution in [0, 0.1) is 0 Å². The summed E-state index contributed by atoms with van der Waals surface area (Å²) in [6, 6.07) is 2.30. The van der Waals surface area contributed by atoms with Crippen molar-refractivity contribution in [2.75, 3.05) is 0 Å². The lowest BCUT2D eigenvalue weighted by molar-refractivity contribution is 1.05. The molecule has 1 unspecified atom stereocenters. The monoisotopic (exact) mass is 242 g/mol. The number of halogens is 1. The van der Waals surface area contributed by atoms with Gasteiger partial charge in [0, 0.05) is 4.20 Å². The summed E-state index contributed by atoms with van der Waals surface area (Å²) in [5.41, 5.74) is 3.10. The fourth-order valence-electron chi connectivity index (χ4n) is 1.69. The van der Waals surface area contributed by atoms with E-state index in [0.29, 0.717) is 0 Å². The Kier molecular flexibility index (Phi) is 2.18. The highest BCUT2D eigenvalue weighted by atomic mass is 79.9. The molecule has 0 saturated heterocycles. The van der Waals surface area contributed by atoms with E-state index in [1.807, 2.05) is 0 Å². The molecule has 12 heavy (non-hydrogen) atoms. The second-order valence-corrected chi connectivity index (χ2v) is 6.87. The van der Waals surface area contributed by atoms with Crippen molar-refractivity contribution in [1.29, 1.82) is 0 Å². The first-order valence-corrected chi connectivity index (χ1v) is 6.84. The summed E-state index contributed by atoms with van der Waals surface area (Å²) in [6.45, 7) is 4.58. The Hall–Kier alpha value is -0.0000000000000000555. The fourth-order valence-corrected chi connectivity index (χ4v) is 4.13. The standard InChI is InChI=1S/C10H12BrP/c1-3-7-4-8-6-10(11)12(2)9(8)5-7/h4,6H,3,5H2,1-2H3. The average Bonchev–Trinajstić information content (AvgIpc) is 2.55. The Bertz CT molecular complexity index is 347. The van der Waals surface area contributed by atoms with E-state index in [-0.39, 0.29) is 7.53 Å². The molecule has 0 bridgehead atoms. The maximum absolute atomic E-state index is 3.62. The van der Waals surface area contributed by atoms with Crippen molar-refractivity contribution in [3.63, 3.8) is 0 Å². The lowest BCUT2D eigenvalue weighted by atomic mass is 10.2. The van der Waals surface area contributed by atoms with Gasteiger partial charge in [-0.2, -0.15) is 0 Å². The van der Waals surface area contributed by atoms with Crippen molar-refractivity contribution in [2.45, 2.75) is 19.8 Å². The first-order chi connectivity index (χ1) is 5.72. The zero-order valence-corrected chi connectivity index (χ0v) is 9.87. The highest BCUT2D eigenvalue weighted by molar-refractivity contribution is 9.11. The van der Waals surface area contributed by atoms with Gasteiger partial charge in [0.25, 0.3) is 0 Å². The van der Waals surface area contributed by atoms with Gasteiger partial charge in [0.05, 0.1) is 0 Å². The maximum Gasteiger partial charge on any atom is 0.0373 e. The van der Waals surface area contributed by atoms with E-state index >= 15 is 0 Å². The van der Waals surface area contributed by atoms with E-state index in [1.165, 1.54) is 22.6 Å². The summed E-state index contributed by atoms with van der Waals surface area (Å²) in [5, 5.41) is 1.67. The topological polar surface area (TPSA) is 0 Å². The molecular weight excluding hydrogens is 231 g/mol. The van der Waals surface area contributed by atoms with Crippen LogP contribution in [0.2, 0.25) is 0 Å². The van der Waals surface area contributed by atoms with Crippen molar-refractivity contribution in [3.05, 3.63) is 26.7 Å². The fraction of sp³-hybridized carbons (Fsp3) is 0.400. The average molecular weight is 243 g/mol. The molecule has 2 rings (SSSR count). The third kappa shape index (κ3) is 1.20. The van der Waals surface area contributed by atoms with Crippen LogP contribution in [0.25, 0.3) is 6.08 Å². The lowest BCUT2D eigenvalue weighted by Crippen LogP contribution is -1.78. The number of fused-ring (bicyclic) bond motifs is 1. The van der Waals surface area contributed by atoms with Gasteiger partial charge in [-0.05, 0) is 52.4 Å². The number of hydrogen-bond donors (Lipinski definition) is 0. The molecule has 0 fully saturated rings. The molecule has 1 heterocycles. The van der Waals surface area contributed by atoms with Gasteiger partial charge in [-0.25, -0.2) is 0 Å². The first-order valence-electron chi connectivity index (χ1n) is 4.26. The Morgan fingerprint density at radius 2 is 2.33 bits per heavy atom. The Morgan fingerprint density at radius 1 is 1.58 bits per heavy atom. The van der Waals surface area contributed by atoms with E-state index in [0.717, 1.165) is 0 Å². The van der Waals surface area contributed by atoms with E-state index in [1.54, 1.807) is 10.9 Å². The zero-order chi connectivity index (χ0) is 8.72. The molecule has 1 aromatic rings.